The number of nitrogens with zero attached hydrogens (tertiary/aromatic N) is 1. The number of aryl methyl sites for hydroxylation is 1. The van der Waals surface area contributed by atoms with Crippen LogP contribution in [0.15, 0.2) is 42.5 Å². The van der Waals surface area contributed by atoms with E-state index in [1.807, 2.05) is 4.90 Å². The van der Waals surface area contributed by atoms with Gasteiger partial charge in [-0.05, 0) is 66.8 Å². The number of piperidine rings is 1. The van der Waals surface area contributed by atoms with E-state index in [0.29, 0.717) is 30.5 Å². The van der Waals surface area contributed by atoms with Crippen molar-refractivity contribution in [2.24, 2.45) is 5.92 Å². The monoisotopic (exact) mass is 424 g/mol. The van der Waals surface area contributed by atoms with Crippen LogP contribution >= 0.6 is 0 Å². The van der Waals surface area contributed by atoms with Gasteiger partial charge in [0.15, 0.2) is 0 Å². The topological polar surface area (TPSA) is 78.9 Å². The van der Waals surface area contributed by atoms with Gasteiger partial charge in [-0.1, -0.05) is 38.1 Å². The van der Waals surface area contributed by atoms with Gasteiger partial charge in [0.25, 0.3) is 11.8 Å². The lowest BCUT2D eigenvalue weighted by Crippen LogP contribution is -2.38. The molecule has 0 aliphatic carbocycles. The molecule has 3 rings (SSSR count). The predicted octanol–water partition coefficient (Wildman–Crippen LogP) is 4.29. The van der Waals surface area contributed by atoms with Gasteiger partial charge < -0.3 is 10.0 Å². The molecule has 6 heteroatoms. The minimum absolute atomic E-state index is 0.0146. The maximum Gasteiger partial charge on any atom is 0.278 e. The molecule has 166 valence electrons. The second kappa shape index (κ2) is 10.4. The first-order chi connectivity index (χ1) is 14.9. The van der Waals surface area contributed by atoms with Crippen molar-refractivity contribution >= 4 is 11.8 Å². The summed E-state index contributed by atoms with van der Waals surface area (Å²) in [6.45, 7) is 5.83. The van der Waals surface area contributed by atoms with Crippen molar-refractivity contribution in [3.63, 3.8) is 0 Å². The van der Waals surface area contributed by atoms with E-state index in [2.05, 4.69) is 48.4 Å². The molecule has 1 heterocycles. The van der Waals surface area contributed by atoms with Crippen LogP contribution in [0.3, 0.4) is 0 Å². The minimum Gasteiger partial charge on any atom is -0.507 e. The first kappa shape index (κ1) is 22.8. The number of hydroxylamine groups is 1. The Labute approximate surface area is 184 Å². The average Bonchev–Trinajstić information content (AvgIpc) is 2.78. The number of likely N-dealkylation sites (tertiary alicyclic amines) is 1. The smallest absolute Gasteiger partial charge is 0.278 e. The van der Waals surface area contributed by atoms with Gasteiger partial charge in [0, 0.05) is 18.7 Å². The van der Waals surface area contributed by atoms with Gasteiger partial charge in [0.05, 0.1) is 12.7 Å². The van der Waals surface area contributed by atoms with Crippen LogP contribution in [0.1, 0.15) is 70.9 Å². The molecular weight excluding hydrogens is 392 g/mol. The number of carbonyl (C=O) groups is 2. The zero-order valence-corrected chi connectivity index (χ0v) is 18.6. The van der Waals surface area contributed by atoms with Crippen molar-refractivity contribution in [3.05, 3.63) is 64.7 Å². The number of carbonyl (C=O) groups excluding carboxylic acids is 2. The van der Waals surface area contributed by atoms with E-state index in [1.165, 1.54) is 36.8 Å². The number of hydrogen-bond donors (Lipinski definition) is 2. The predicted molar refractivity (Wildman–Crippen MR) is 120 cm³/mol. The van der Waals surface area contributed by atoms with Crippen molar-refractivity contribution < 1.29 is 19.5 Å². The Kier molecular flexibility index (Phi) is 7.69. The normalized spacial score (nSPS) is 14.6. The number of benzene rings is 2. The molecular formula is C25H32N2O4. The van der Waals surface area contributed by atoms with Crippen LogP contribution in [0.5, 0.6) is 5.75 Å². The van der Waals surface area contributed by atoms with E-state index in [4.69, 9.17) is 0 Å². The highest BCUT2D eigenvalue weighted by atomic mass is 16.6. The number of phenols is 1. The molecule has 2 aromatic rings. The Morgan fingerprint density at radius 3 is 2.58 bits per heavy atom. The van der Waals surface area contributed by atoms with Gasteiger partial charge in [-0.2, -0.15) is 0 Å². The Morgan fingerprint density at radius 1 is 1.16 bits per heavy atom. The molecule has 0 radical (unpaired) electrons. The SMILES string of the molecule is CONC(=O)c1cc(C(=O)N2CCC(c3cccc(CCC(C)C)c3)CC2)ccc1O. The Hall–Kier alpha value is -2.86. The van der Waals surface area contributed by atoms with E-state index in [0.717, 1.165) is 19.3 Å². The van der Waals surface area contributed by atoms with Gasteiger partial charge in [0.1, 0.15) is 5.75 Å². The molecule has 31 heavy (non-hydrogen) atoms. The van der Waals surface area contributed by atoms with Crippen LogP contribution in [-0.4, -0.2) is 42.0 Å². The maximum absolute atomic E-state index is 13.0. The van der Waals surface area contributed by atoms with Crippen LogP contribution in [0.2, 0.25) is 0 Å². The maximum atomic E-state index is 13.0. The van der Waals surface area contributed by atoms with Crippen molar-refractivity contribution in [1.82, 2.24) is 10.4 Å². The number of phenolic OH excluding ortho intramolecular Hbond substituents is 1. The zero-order chi connectivity index (χ0) is 22.4. The first-order valence-corrected chi connectivity index (χ1v) is 10.9. The second-order valence-corrected chi connectivity index (χ2v) is 8.61. The van der Waals surface area contributed by atoms with Crippen LogP contribution < -0.4 is 5.48 Å². The molecule has 0 atom stereocenters. The van der Waals surface area contributed by atoms with Gasteiger partial charge in [-0.3, -0.25) is 14.4 Å². The third kappa shape index (κ3) is 5.85. The summed E-state index contributed by atoms with van der Waals surface area (Å²) < 4.78 is 0. The number of hydrogen-bond acceptors (Lipinski definition) is 4. The van der Waals surface area contributed by atoms with E-state index in [9.17, 15) is 14.7 Å². The molecule has 0 saturated carbocycles. The van der Waals surface area contributed by atoms with E-state index in [1.54, 1.807) is 6.07 Å². The summed E-state index contributed by atoms with van der Waals surface area (Å²) in [5.41, 5.74) is 5.31. The second-order valence-electron chi connectivity index (χ2n) is 8.61. The summed E-state index contributed by atoms with van der Waals surface area (Å²) in [4.78, 5) is 31.4. The number of amides is 2. The van der Waals surface area contributed by atoms with Crippen molar-refractivity contribution in [2.75, 3.05) is 20.2 Å². The van der Waals surface area contributed by atoms with E-state index in [-0.39, 0.29) is 17.2 Å². The summed E-state index contributed by atoms with van der Waals surface area (Å²) in [6.07, 6.45) is 4.11. The Morgan fingerprint density at radius 2 is 1.90 bits per heavy atom. The van der Waals surface area contributed by atoms with E-state index >= 15 is 0 Å². The molecule has 0 spiro atoms. The quantitative estimate of drug-likeness (QED) is 0.650. The standard InChI is InChI=1S/C25H32N2O4/c1-17(2)7-8-18-5-4-6-20(15-18)19-11-13-27(14-12-19)25(30)21-9-10-23(28)22(16-21)24(29)26-31-3/h4-6,9-10,15-17,19,28H,7-8,11-14H2,1-3H3,(H,26,29). The highest BCUT2D eigenvalue weighted by molar-refractivity contribution is 6.01. The third-order valence-corrected chi connectivity index (χ3v) is 5.90. The molecule has 0 bridgehead atoms. The summed E-state index contributed by atoms with van der Waals surface area (Å²) in [5, 5.41) is 9.93. The summed E-state index contributed by atoms with van der Waals surface area (Å²) >= 11 is 0. The largest absolute Gasteiger partial charge is 0.507 e. The van der Waals surface area contributed by atoms with Crippen molar-refractivity contribution in [3.8, 4) is 5.75 Å². The van der Waals surface area contributed by atoms with Gasteiger partial charge in [0.2, 0.25) is 0 Å². The molecule has 1 fully saturated rings. The summed E-state index contributed by atoms with van der Waals surface area (Å²) in [7, 11) is 1.31. The van der Waals surface area contributed by atoms with Crippen LogP contribution in [0, 0.1) is 5.92 Å². The minimum atomic E-state index is -0.592. The zero-order valence-electron chi connectivity index (χ0n) is 18.6. The lowest BCUT2D eigenvalue weighted by Gasteiger charge is -2.32. The Bertz CT molecular complexity index is 917. The van der Waals surface area contributed by atoms with Crippen LogP contribution in [0.25, 0.3) is 0 Å². The fraction of sp³-hybridized carbons (Fsp3) is 0.440. The van der Waals surface area contributed by atoms with E-state index < -0.39 is 5.91 Å². The molecule has 0 unspecified atom stereocenters. The number of rotatable bonds is 7. The molecule has 1 aliphatic heterocycles. The van der Waals surface area contributed by atoms with Crippen molar-refractivity contribution in [1.29, 1.82) is 0 Å². The molecule has 0 aromatic heterocycles. The number of aromatic hydroxyl groups is 1. The first-order valence-electron chi connectivity index (χ1n) is 10.9. The van der Waals surface area contributed by atoms with Gasteiger partial charge >= 0.3 is 0 Å². The number of nitrogens with one attached hydrogen (secondary N) is 1. The lowest BCUT2D eigenvalue weighted by atomic mass is 9.87. The highest BCUT2D eigenvalue weighted by Crippen LogP contribution is 2.30. The van der Waals surface area contributed by atoms with Crippen LogP contribution in [0.4, 0.5) is 0 Å². The molecule has 1 saturated heterocycles. The fourth-order valence-corrected chi connectivity index (χ4v) is 4.06. The summed E-state index contributed by atoms with van der Waals surface area (Å²) in [5.74, 6) is 0.230. The van der Waals surface area contributed by atoms with Gasteiger partial charge in [-0.25, -0.2) is 5.48 Å². The van der Waals surface area contributed by atoms with Crippen LogP contribution in [-0.2, 0) is 11.3 Å². The molecule has 1 aliphatic rings. The third-order valence-electron chi connectivity index (χ3n) is 5.90. The van der Waals surface area contributed by atoms with Gasteiger partial charge in [-0.15, -0.1) is 0 Å². The van der Waals surface area contributed by atoms with Crippen molar-refractivity contribution in [2.45, 2.75) is 45.4 Å². The molecule has 2 amide bonds. The highest BCUT2D eigenvalue weighted by Gasteiger charge is 2.25. The lowest BCUT2D eigenvalue weighted by molar-refractivity contribution is 0.0535. The Balaban J connectivity index is 1.63. The fourth-order valence-electron chi connectivity index (χ4n) is 4.06. The molecule has 6 nitrogen and oxygen atoms in total. The molecule has 2 aromatic carbocycles. The molecule has 2 N–H and O–H groups in total. The average molecular weight is 425 g/mol. The summed E-state index contributed by atoms with van der Waals surface area (Å²) in [6, 6.07) is 13.2.